The van der Waals surface area contributed by atoms with Gasteiger partial charge < -0.3 is 9.64 Å². The molecule has 0 aliphatic carbocycles. The minimum atomic E-state index is 0.193. The summed E-state index contributed by atoms with van der Waals surface area (Å²) in [4.78, 5) is 4.63. The van der Waals surface area contributed by atoms with Crippen LogP contribution in [0.5, 0.6) is 0 Å². The minimum absolute atomic E-state index is 0.193. The number of ether oxygens (including phenoxy) is 1. The zero-order valence-corrected chi connectivity index (χ0v) is 10.6. The van der Waals surface area contributed by atoms with Crippen molar-refractivity contribution < 1.29 is 4.74 Å². The van der Waals surface area contributed by atoms with Crippen LogP contribution in [0.3, 0.4) is 0 Å². The van der Waals surface area contributed by atoms with Crippen LogP contribution in [0.25, 0.3) is 0 Å². The summed E-state index contributed by atoms with van der Waals surface area (Å²) >= 11 is 0. The van der Waals surface area contributed by atoms with Gasteiger partial charge in [-0.1, -0.05) is 12.1 Å². The van der Waals surface area contributed by atoms with E-state index in [4.69, 9.17) is 4.74 Å². The highest BCUT2D eigenvalue weighted by Crippen LogP contribution is 2.36. The summed E-state index contributed by atoms with van der Waals surface area (Å²) in [6.45, 7) is 2.09. The first-order chi connectivity index (χ1) is 8.25. The largest absolute Gasteiger partial charge is 0.378 e. The average Bonchev–Trinajstić information content (AvgIpc) is 2.90. The van der Waals surface area contributed by atoms with Gasteiger partial charge in [-0.15, -0.1) is 0 Å². The molecule has 2 saturated heterocycles. The summed E-state index contributed by atoms with van der Waals surface area (Å²) in [5.74, 6) is 0. The van der Waals surface area contributed by atoms with Gasteiger partial charge in [0.2, 0.25) is 0 Å². The van der Waals surface area contributed by atoms with Crippen LogP contribution in [0.2, 0.25) is 0 Å². The molecule has 0 radical (unpaired) electrons. The SMILES string of the molecule is CN(C)c1ccc(C2OC[C@@H]3CCCN23)cc1. The van der Waals surface area contributed by atoms with Crippen molar-refractivity contribution in [2.24, 2.45) is 0 Å². The summed E-state index contributed by atoms with van der Waals surface area (Å²) in [7, 11) is 4.13. The van der Waals surface area contributed by atoms with Gasteiger partial charge in [-0.05, 0) is 30.5 Å². The maximum Gasteiger partial charge on any atom is 0.137 e. The Morgan fingerprint density at radius 1 is 1.24 bits per heavy atom. The first kappa shape index (κ1) is 11.1. The van der Waals surface area contributed by atoms with Crippen LogP contribution in [-0.2, 0) is 4.74 Å². The Hall–Kier alpha value is -1.06. The molecule has 2 aliphatic rings. The third kappa shape index (κ3) is 1.94. The van der Waals surface area contributed by atoms with Crippen LogP contribution < -0.4 is 4.90 Å². The highest BCUT2D eigenvalue weighted by atomic mass is 16.5. The van der Waals surface area contributed by atoms with Crippen molar-refractivity contribution in [3.63, 3.8) is 0 Å². The predicted octanol–water partition coefficient (Wildman–Crippen LogP) is 2.25. The van der Waals surface area contributed by atoms with Gasteiger partial charge in [-0.2, -0.15) is 0 Å². The number of nitrogens with zero attached hydrogens (tertiary/aromatic N) is 2. The van der Waals surface area contributed by atoms with Gasteiger partial charge in [-0.25, -0.2) is 0 Å². The number of hydrogen-bond donors (Lipinski definition) is 0. The van der Waals surface area contributed by atoms with Gasteiger partial charge >= 0.3 is 0 Å². The molecule has 0 amide bonds. The monoisotopic (exact) mass is 232 g/mol. The summed E-state index contributed by atoms with van der Waals surface area (Å²) in [5.41, 5.74) is 2.53. The normalized spacial score (nSPS) is 28.4. The molecule has 17 heavy (non-hydrogen) atoms. The maximum atomic E-state index is 5.92. The smallest absolute Gasteiger partial charge is 0.137 e. The second kappa shape index (κ2) is 4.31. The molecule has 2 heterocycles. The molecule has 3 rings (SSSR count). The third-order valence-electron chi connectivity index (χ3n) is 3.87. The molecular formula is C14H20N2O. The van der Waals surface area contributed by atoms with Gasteiger partial charge in [-0.3, -0.25) is 4.90 Å². The molecule has 3 heteroatoms. The Kier molecular flexibility index (Phi) is 2.81. The van der Waals surface area contributed by atoms with Gasteiger partial charge in [0.25, 0.3) is 0 Å². The van der Waals surface area contributed by atoms with E-state index in [2.05, 4.69) is 48.2 Å². The summed E-state index contributed by atoms with van der Waals surface area (Å²) < 4.78 is 5.92. The molecule has 2 atom stereocenters. The first-order valence-corrected chi connectivity index (χ1v) is 6.40. The Balaban J connectivity index is 1.80. The molecule has 0 aromatic heterocycles. The lowest BCUT2D eigenvalue weighted by molar-refractivity contribution is 0.0352. The third-order valence-corrected chi connectivity index (χ3v) is 3.87. The fourth-order valence-corrected chi connectivity index (χ4v) is 2.87. The summed E-state index contributed by atoms with van der Waals surface area (Å²) in [6, 6.07) is 9.39. The Labute approximate surface area is 103 Å². The maximum absolute atomic E-state index is 5.92. The van der Waals surface area contributed by atoms with Gasteiger partial charge in [0.05, 0.1) is 6.61 Å². The summed E-state index contributed by atoms with van der Waals surface area (Å²) in [6.07, 6.45) is 2.81. The van der Waals surface area contributed by atoms with Crippen molar-refractivity contribution in [2.75, 3.05) is 32.1 Å². The Morgan fingerprint density at radius 2 is 2.00 bits per heavy atom. The van der Waals surface area contributed by atoms with E-state index in [-0.39, 0.29) is 6.23 Å². The molecule has 0 bridgehead atoms. The van der Waals surface area contributed by atoms with E-state index in [1.165, 1.54) is 30.6 Å². The first-order valence-electron chi connectivity index (χ1n) is 6.40. The van der Waals surface area contributed by atoms with Crippen molar-refractivity contribution in [3.8, 4) is 0 Å². The van der Waals surface area contributed by atoms with E-state index in [1.54, 1.807) is 0 Å². The fourth-order valence-electron chi connectivity index (χ4n) is 2.87. The highest BCUT2D eigenvalue weighted by molar-refractivity contribution is 5.46. The number of rotatable bonds is 2. The molecule has 0 spiro atoms. The molecule has 92 valence electrons. The predicted molar refractivity (Wildman–Crippen MR) is 69.2 cm³/mol. The Bertz CT molecular complexity index is 388. The van der Waals surface area contributed by atoms with E-state index >= 15 is 0 Å². The van der Waals surface area contributed by atoms with Crippen molar-refractivity contribution in [1.82, 2.24) is 4.90 Å². The fraction of sp³-hybridized carbons (Fsp3) is 0.571. The van der Waals surface area contributed by atoms with Crippen LogP contribution in [0, 0.1) is 0 Å². The average molecular weight is 232 g/mol. The molecule has 3 nitrogen and oxygen atoms in total. The zero-order valence-electron chi connectivity index (χ0n) is 10.6. The van der Waals surface area contributed by atoms with Gasteiger partial charge in [0.1, 0.15) is 6.23 Å². The van der Waals surface area contributed by atoms with Crippen LogP contribution in [-0.4, -0.2) is 38.2 Å². The van der Waals surface area contributed by atoms with E-state index in [0.29, 0.717) is 6.04 Å². The molecule has 1 aromatic carbocycles. The molecular weight excluding hydrogens is 212 g/mol. The van der Waals surface area contributed by atoms with E-state index in [0.717, 1.165) is 6.61 Å². The van der Waals surface area contributed by atoms with Crippen LogP contribution >= 0.6 is 0 Å². The lowest BCUT2D eigenvalue weighted by Crippen LogP contribution is -2.26. The molecule has 2 aliphatic heterocycles. The van der Waals surface area contributed by atoms with E-state index < -0.39 is 0 Å². The number of anilines is 1. The number of benzene rings is 1. The number of hydrogen-bond acceptors (Lipinski definition) is 3. The van der Waals surface area contributed by atoms with Crippen molar-refractivity contribution in [3.05, 3.63) is 29.8 Å². The van der Waals surface area contributed by atoms with Crippen LogP contribution in [0.4, 0.5) is 5.69 Å². The quantitative estimate of drug-likeness (QED) is 0.778. The molecule has 2 fully saturated rings. The van der Waals surface area contributed by atoms with Crippen LogP contribution in [0.1, 0.15) is 24.6 Å². The highest BCUT2D eigenvalue weighted by Gasteiger charge is 2.38. The van der Waals surface area contributed by atoms with Gasteiger partial charge in [0.15, 0.2) is 0 Å². The molecule has 1 aromatic rings. The van der Waals surface area contributed by atoms with Crippen molar-refractivity contribution >= 4 is 5.69 Å². The van der Waals surface area contributed by atoms with E-state index in [9.17, 15) is 0 Å². The van der Waals surface area contributed by atoms with Crippen molar-refractivity contribution in [2.45, 2.75) is 25.1 Å². The molecule has 1 unspecified atom stereocenters. The summed E-state index contributed by atoms with van der Waals surface area (Å²) in [5, 5.41) is 0. The Morgan fingerprint density at radius 3 is 2.71 bits per heavy atom. The number of fused-ring (bicyclic) bond motifs is 1. The lowest BCUT2D eigenvalue weighted by Gasteiger charge is -2.22. The van der Waals surface area contributed by atoms with Crippen LogP contribution in [0.15, 0.2) is 24.3 Å². The van der Waals surface area contributed by atoms with Gasteiger partial charge in [0, 0.05) is 32.4 Å². The lowest BCUT2D eigenvalue weighted by atomic mass is 10.1. The topological polar surface area (TPSA) is 15.7 Å². The minimum Gasteiger partial charge on any atom is -0.378 e. The second-order valence-electron chi connectivity index (χ2n) is 5.21. The molecule has 0 N–H and O–H groups in total. The second-order valence-corrected chi connectivity index (χ2v) is 5.21. The standard InChI is InChI=1S/C14H20N2O/c1-15(2)12-7-5-11(6-8-12)14-16-9-3-4-13(16)10-17-14/h5-8,13-14H,3-4,9-10H2,1-2H3/t13-,14?/m0/s1. The van der Waals surface area contributed by atoms with E-state index in [1.807, 2.05) is 0 Å². The van der Waals surface area contributed by atoms with Crippen molar-refractivity contribution in [1.29, 1.82) is 0 Å². The zero-order chi connectivity index (χ0) is 11.8. The molecule has 0 saturated carbocycles.